The zero-order chi connectivity index (χ0) is 12.3. The Labute approximate surface area is 101 Å². The predicted molar refractivity (Wildman–Crippen MR) is 67.5 cm³/mol. The SMILES string of the molecule is CC(C)n1c(CN)nnc1Cc1ccccc1. The summed E-state index contributed by atoms with van der Waals surface area (Å²) in [5.41, 5.74) is 6.91. The van der Waals surface area contributed by atoms with Crippen LogP contribution in [-0.4, -0.2) is 14.8 Å². The summed E-state index contributed by atoms with van der Waals surface area (Å²) in [6, 6.07) is 10.6. The Bertz CT molecular complexity index is 473. The van der Waals surface area contributed by atoms with Crippen molar-refractivity contribution in [3.8, 4) is 0 Å². The molecule has 2 aromatic rings. The van der Waals surface area contributed by atoms with E-state index < -0.39 is 0 Å². The Morgan fingerprint density at radius 2 is 1.76 bits per heavy atom. The van der Waals surface area contributed by atoms with Gasteiger partial charge in [-0.3, -0.25) is 0 Å². The third-order valence-corrected chi connectivity index (χ3v) is 2.74. The fraction of sp³-hybridized carbons (Fsp3) is 0.385. The molecule has 0 unspecified atom stereocenters. The average Bonchev–Trinajstić information content (AvgIpc) is 2.73. The quantitative estimate of drug-likeness (QED) is 0.872. The van der Waals surface area contributed by atoms with Crippen molar-refractivity contribution >= 4 is 0 Å². The molecule has 0 radical (unpaired) electrons. The highest BCUT2D eigenvalue weighted by Crippen LogP contribution is 2.14. The molecule has 90 valence electrons. The number of nitrogens with zero attached hydrogens (tertiary/aromatic N) is 3. The summed E-state index contributed by atoms with van der Waals surface area (Å²) in [4.78, 5) is 0. The van der Waals surface area contributed by atoms with Crippen molar-refractivity contribution in [3.63, 3.8) is 0 Å². The summed E-state index contributed by atoms with van der Waals surface area (Å²) in [7, 11) is 0. The van der Waals surface area contributed by atoms with Gasteiger partial charge in [-0.15, -0.1) is 10.2 Å². The van der Waals surface area contributed by atoms with Crippen molar-refractivity contribution in [2.45, 2.75) is 32.9 Å². The van der Waals surface area contributed by atoms with Crippen LogP contribution in [0, 0.1) is 0 Å². The Morgan fingerprint density at radius 1 is 1.12 bits per heavy atom. The zero-order valence-corrected chi connectivity index (χ0v) is 10.3. The van der Waals surface area contributed by atoms with E-state index in [0.29, 0.717) is 12.6 Å². The molecule has 1 aromatic heterocycles. The number of aromatic nitrogens is 3. The van der Waals surface area contributed by atoms with Gasteiger partial charge in [0.25, 0.3) is 0 Å². The minimum Gasteiger partial charge on any atom is -0.324 e. The lowest BCUT2D eigenvalue weighted by Crippen LogP contribution is -2.13. The third-order valence-electron chi connectivity index (χ3n) is 2.74. The summed E-state index contributed by atoms with van der Waals surface area (Å²) in [5.74, 6) is 1.83. The maximum Gasteiger partial charge on any atom is 0.147 e. The molecule has 0 fully saturated rings. The van der Waals surface area contributed by atoms with E-state index in [0.717, 1.165) is 18.1 Å². The van der Waals surface area contributed by atoms with Crippen LogP contribution in [0.25, 0.3) is 0 Å². The van der Waals surface area contributed by atoms with Crippen LogP contribution in [0.15, 0.2) is 30.3 Å². The second kappa shape index (κ2) is 5.10. The lowest BCUT2D eigenvalue weighted by molar-refractivity contribution is 0.548. The van der Waals surface area contributed by atoms with E-state index in [1.54, 1.807) is 0 Å². The smallest absolute Gasteiger partial charge is 0.147 e. The summed E-state index contributed by atoms with van der Waals surface area (Å²) in [6.45, 7) is 4.67. The molecular weight excluding hydrogens is 212 g/mol. The van der Waals surface area contributed by atoms with Crippen LogP contribution in [0.3, 0.4) is 0 Å². The van der Waals surface area contributed by atoms with Crippen LogP contribution in [0.2, 0.25) is 0 Å². The molecule has 0 saturated heterocycles. The van der Waals surface area contributed by atoms with E-state index in [1.165, 1.54) is 5.56 Å². The van der Waals surface area contributed by atoms with E-state index in [-0.39, 0.29) is 0 Å². The second-order valence-electron chi connectivity index (χ2n) is 4.36. The molecule has 0 aliphatic carbocycles. The highest BCUT2D eigenvalue weighted by Gasteiger charge is 2.13. The van der Waals surface area contributed by atoms with Crippen LogP contribution in [0.4, 0.5) is 0 Å². The van der Waals surface area contributed by atoms with Gasteiger partial charge in [-0.05, 0) is 19.4 Å². The lowest BCUT2D eigenvalue weighted by Gasteiger charge is -2.13. The van der Waals surface area contributed by atoms with Crippen molar-refractivity contribution in [2.75, 3.05) is 0 Å². The highest BCUT2D eigenvalue weighted by atomic mass is 15.3. The van der Waals surface area contributed by atoms with Gasteiger partial charge in [0.05, 0.1) is 6.54 Å². The molecule has 0 saturated carbocycles. The second-order valence-corrected chi connectivity index (χ2v) is 4.36. The van der Waals surface area contributed by atoms with Gasteiger partial charge in [0.1, 0.15) is 11.6 Å². The molecule has 0 spiro atoms. The molecule has 2 rings (SSSR count). The minimum absolute atomic E-state index is 0.335. The first-order valence-electron chi connectivity index (χ1n) is 5.89. The van der Waals surface area contributed by atoms with Gasteiger partial charge in [-0.25, -0.2) is 0 Å². The highest BCUT2D eigenvalue weighted by molar-refractivity contribution is 5.19. The Hall–Kier alpha value is -1.68. The van der Waals surface area contributed by atoms with Crippen LogP contribution in [-0.2, 0) is 13.0 Å². The van der Waals surface area contributed by atoms with Crippen LogP contribution in [0.1, 0.15) is 37.1 Å². The molecule has 1 aromatic carbocycles. The Balaban J connectivity index is 2.30. The summed E-state index contributed by atoms with van der Waals surface area (Å²) in [5, 5.41) is 8.38. The molecular formula is C13H18N4. The maximum absolute atomic E-state index is 5.67. The van der Waals surface area contributed by atoms with Crippen molar-refractivity contribution in [1.29, 1.82) is 0 Å². The first-order chi connectivity index (χ1) is 8.22. The van der Waals surface area contributed by atoms with Crippen LogP contribution < -0.4 is 5.73 Å². The summed E-state index contributed by atoms with van der Waals surface area (Å²) >= 11 is 0. The fourth-order valence-corrected chi connectivity index (χ4v) is 1.99. The standard InChI is InChI=1S/C13H18N4/c1-10(2)17-12(15-16-13(17)9-14)8-11-6-4-3-5-7-11/h3-7,10H,8-9,14H2,1-2H3. The number of hydrogen-bond acceptors (Lipinski definition) is 3. The molecule has 17 heavy (non-hydrogen) atoms. The Kier molecular flexibility index (Phi) is 3.54. The van der Waals surface area contributed by atoms with Crippen molar-refractivity contribution in [2.24, 2.45) is 5.73 Å². The van der Waals surface area contributed by atoms with Gasteiger partial charge < -0.3 is 10.3 Å². The van der Waals surface area contributed by atoms with Gasteiger partial charge in [0.2, 0.25) is 0 Å². The van der Waals surface area contributed by atoms with E-state index in [2.05, 4.69) is 40.7 Å². The minimum atomic E-state index is 0.335. The Morgan fingerprint density at radius 3 is 2.35 bits per heavy atom. The zero-order valence-electron chi connectivity index (χ0n) is 10.3. The maximum atomic E-state index is 5.67. The summed E-state index contributed by atoms with van der Waals surface area (Å²) in [6.07, 6.45) is 0.798. The molecule has 0 amide bonds. The number of nitrogens with two attached hydrogens (primary N) is 1. The molecule has 0 bridgehead atoms. The van der Waals surface area contributed by atoms with Gasteiger partial charge in [0.15, 0.2) is 0 Å². The third kappa shape index (κ3) is 2.53. The van der Waals surface area contributed by atoms with Crippen LogP contribution in [0.5, 0.6) is 0 Å². The van der Waals surface area contributed by atoms with E-state index >= 15 is 0 Å². The van der Waals surface area contributed by atoms with Crippen molar-refractivity contribution < 1.29 is 0 Å². The number of hydrogen-bond donors (Lipinski definition) is 1. The molecule has 4 heteroatoms. The summed E-state index contributed by atoms with van der Waals surface area (Å²) < 4.78 is 2.12. The predicted octanol–water partition coefficient (Wildman–Crippen LogP) is 1.91. The van der Waals surface area contributed by atoms with Crippen molar-refractivity contribution in [1.82, 2.24) is 14.8 Å². The first kappa shape index (κ1) is 11.8. The largest absolute Gasteiger partial charge is 0.324 e. The topological polar surface area (TPSA) is 56.7 Å². The van der Waals surface area contributed by atoms with E-state index in [4.69, 9.17) is 5.73 Å². The molecule has 0 aliphatic heterocycles. The molecule has 2 N–H and O–H groups in total. The molecule has 0 aliphatic rings. The van der Waals surface area contributed by atoms with Crippen LogP contribution >= 0.6 is 0 Å². The van der Waals surface area contributed by atoms with Crippen molar-refractivity contribution in [3.05, 3.63) is 47.5 Å². The first-order valence-corrected chi connectivity index (χ1v) is 5.89. The average molecular weight is 230 g/mol. The van der Waals surface area contributed by atoms with Gasteiger partial charge in [-0.2, -0.15) is 0 Å². The fourth-order valence-electron chi connectivity index (χ4n) is 1.99. The van der Waals surface area contributed by atoms with Gasteiger partial charge >= 0.3 is 0 Å². The normalized spacial score (nSPS) is 11.1. The van der Waals surface area contributed by atoms with E-state index in [1.807, 2.05) is 18.2 Å². The number of rotatable bonds is 4. The number of benzene rings is 1. The molecule has 0 atom stereocenters. The van der Waals surface area contributed by atoms with E-state index in [9.17, 15) is 0 Å². The lowest BCUT2D eigenvalue weighted by atomic mass is 10.1. The van der Waals surface area contributed by atoms with Gasteiger partial charge in [0, 0.05) is 12.5 Å². The molecule has 4 nitrogen and oxygen atoms in total. The van der Waals surface area contributed by atoms with Gasteiger partial charge in [-0.1, -0.05) is 30.3 Å². The molecule has 1 heterocycles. The monoisotopic (exact) mass is 230 g/mol.